The molecular weight excluding hydrogens is 371 g/mol. The first-order valence-corrected chi connectivity index (χ1v) is 9.72. The number of thiocarbonyl (C=S) groups is 1. The number of fused-ring (bicyclic) bond motifs is 1. The molecule has 0 amide bonds. The van der Waals surface area contributed by atoms with Crippen LogP contribution in [0.5, 0.6) is 0 Å². The van der Waals surface area contributed by atoms with Crippen LogP contribution in [-0.4, -0.2) is 18.2 Å². The molecule has 7 heteroatoms. The quantitative estimate of drug-likeness (QED) is 0.601. The maximum Gasteiger partial charge on any atom is 0.341 e. The van der Waals surface area contributed by atoms with Gasteiger partial charge < -0.3 is 15.4 Å². The summed E-state index contributed by atoms with van der Waals surface area (Å²) in [5.41, 5.74) is 2.61. The molecule has 0 spiro atoms. The zero-order valence-corrected chi connectivity index (χ0v) is 16.4. The molecular formula is C19H21FN2O2S2. The van der Waals surface area contributed by atoms with Gasteiger partial charge in [-0.2, -0.15) is 0 Å². The predicted molar refractivity (Wildman–Crippen MR) is 106 cm³/mol. The van der Waals surface area contributed by atoms with Gasteiger partial charge in [-0.15, -0.1) is 11.3 Å². The third-order valence-corrected chi connectivity index (χ3v) is 5.91. The van der Waals surface area contributed by atoms with Crippen molar-refractivity contribution in [1.29, 1.82) is 0 Å². The van der Waals surface area contributed by atoms with Crippen molar-refractivity contribution in [2.75, 3.05) is 12.4 Å². The third-order valence-electron chi connectivity index (χ3n) is 4.49. The Morgan fingerprint density at radius 2 is 2.12 bits per heavy atom. The summed E-state index contributed by atoms with van der Waals surface area (Å²) >= 11 is 6.94. The average molecular weight is 393 g/mol. The Hall–Kier alpha value is -1.99. The van der Waals surface area contributed by atoms with Crippen molar-refractivity contribution in [2.45, 2.75) is 32.7 Å². The highest BCUT2D eigenvalue weighted by Gasteiger charge is 2.28. The van der Waals surface area contributed by atoms with Gasteiger partial charge >= 0.3 is 5.97 Å². The van der Waals surface area contributed by atoms with Crippen LogP contribution in [-0.2, 0) is 24.1 Å². The molecule has 1 unspecified atom stereocenters. The van der Waals surface area contributed by atoms with Gasteiger partial charge in [-0.1, -0.05) is 19.1 Å². The van der Waals surface area contributed by atoms with Crippen LogP contribution in [0.3, 0.4) is 0 Å². The summed E-state index contributed by atoms with van der Waals surface area (Å²) in [6, 6.07) is 6.24. The SMILES string of the molecule is COC(=O)c1c(NC(=S)NCc2ccc(F)cc2)sc2c1CCC(C)C2. The van der Waals surface area contributed by atoms with Crippen LogP contribution in [0.4, 0.5) is 9.39 Å². The topological polar surface area (TPSA) is 50.4 Å². The maximum absolute atomic E-state index is 13.0. The van der Waals surface area contributed by atoms with E-state index in [0.29, 0.717) is 23.1 Å². The Bertz CT molecular complexity index is 818. The van der Waals surface area contributed by atoms with Crippen molar-refractivity contribution in [2.24, 2.45) is 5.92 Å². The van der Waals surface area contributed by atoms with Crippen LogP contribution in [0, 0.1) is 11.7 Å². The van der Waals surface area contributed by atoms with E-state index < -0.39 is 0 Å². The number of thiophene rings is 1. The Labute approximate surface area is 161 Å². The van der Waals surface area contributed by atoms with Gasteiger partial charge in [0.15, 0.2) is 5.11 Å². The Morgan fingerprint density at radius 3 is 2.81 bits per heavy atom. The zero-order valence-electron chi connectivity index (χ0n) is 14.7. The molecule has 2 aromatic rings. The van der Waals surface area contributed by atoms with Gasteiger partial charge in [0, 0.05) is 11.4 Å². The summed E-state index contributed by atoms with van der Waals surface area (Å²) in [5.74, 6) is 0.0134. The number of halogens is 1. The van der Waals surface area contributed by atoms with Crippen LogP contribution in [0.1, 0.15) is 39.7 Å². The highest BCUT2D eigenvalue weighted by atomic mass is 32.1. The summed E-state index contributed by atoms with van der Waals surface area (Å²) < 4.78 is 17.9. The Balaban J connectivity index is 1.73. The van der Waals surface area contributed by atoms with Gasteiger partial charge in [0.05, 0.1) is 12.7 Å². The second-order valence-electron chi connectivity index (χ2n) is 6.48. The standard InChI is InChI=1S/C19H21FN2O2S2/c1-11-3-8-14-15(9-11)26-17(16(14)18(23)24-2)22-19(25)21-10-12-4-6-13(20)7-5-12/h4-7,11H,3,8-10H2,1-2H3,(H2,21,22,25). The fraction of sp³-hybridized carbons (Fsp3) is 0.368. The largest absolute Gasteiger partial charge is 0.465 e. The van der Waals surface area contributed by atoms with E-state index >= 15 is 0 Å². The van der Waals surface area contributed by atoms with E-state index in [1.807, 2.05) is 0 Å². The predicted octanol–water partition coefficient (Wildman–Crippen LogP) is 4.29. The van der Waals surface area contributed by atoms with Crippen molar-refractivity contribution in [3.05, 3.63) is 51.7 Å². The molecule has 1 atom stereocenters. The fourth-order valence-electron chi connectivity index (χ4n) is 3.09. The van der Waals surface area contributed by atoms with E-state index in [4.69, 9.17) is 17.0 Å². The molecule has 0 radical (unpaired) electrons. The summed E-state index contributed by atoms with van der Waals surface area (Å²) in [6.07, 6.45) is 2.93. The van der Waals surface area contributed by atoms with Crippen LogP contribution in [0.25, 0.3) is 0 Å². The number of ether oxygens (including phenoxy) is 1. The second-order valence-corrected chi connectivity index (χ2v) is 8.00. The second kappa shape index (κ2) is 8.14. The van der Waals surface area contributed by atoms with Gasteiger partial charge in [0.2, 0.25) is 0 Å². The number of nitrogens with one attached hydrogen (secondary N) is 2. The number of hydrogen-bond donors (Lipinski definition) is 2. The Kier molecular flexibility index (Phi) is 5.88. The van der Waals surface area contributed by atoms with Crippen LogP contribution in [0.15, 0.2) is 24.3 Å². The minimum atomic E-state index is -0.333. The lowest BCUT2D eigenvalue weighted by molar-refractivity contribution is 0.0601. The smallest absolute Gasteiger partial charge is 0.341 e. The van der Waals surface area contributed by atoms with Crippen molar-refractivity contribution >= 4 is 39.6 Å². The monoisotopic (exact) mass is 392 g/mol. The highest BCUT2D eigenvalue weighted by Crippen LogP contribution is 2.39. The molecule has 1 aliphatic carbocycles. The molecule has 1 aromatic heterocycles. The molecule has 0 saturated heterocycles. The first kappa shape index (κ1) is 18.8. The number of anilines is 1. The molecule has 1 aromatic carbocycles. The molecule has 3 rings (SSSR count). The molecule has 4 nitrogen and oxygen atoms in total. The van der Waals surface area contributed by atoms with Crippen molar-refractivity contribution in [1.82, 2.24) is 5.32 Å². The number of benzene rings is 1. The normalized spacial score (nSPS) is 15.9. The van der Waals surface area contributed by atoms with E-state index in [2.05, 4.69) is 17.6 Å². The van der Waals surface area contributed by atoms with Gasteiger partial charge in [-0.05, 0) is 60.7 Å². The molecule has 2 N–H and O–H groups in total. The summed E-state index contributed by atoms with van der Waals surface area (Å²) in [6.45, 7) is 2.70. The summed E-state index contributed by atoms with van der Waals surface area (Å²) in [4.78, 5) is 13.5. The number of hydrogen-bond acceptors (Lipinski definition) is 4. The van der Waals surface area contributed by atoms with Gasteiger partial charge in [0.25, 0.3) is 0 Å². The van der Waals surface area contributed by atoms with Crippen molar-refractivity contribution in [3.63, 3.8) is 0 Å². The zero-order chi connectivity index (χ0) is 18.7. The van der Waals surface area contributed by atoms with Crippen LogP contribution < -0.4 is 10.6 Å². The van der Waals surface area contributed by atoms with E-state index in [0.717, 1.165) is 35.4 Å². The minimum Gasteiger partial charge on any atom is -0.465 e. The molecule has 0 aliphatic heterocycles. The number of methoxy groups -OCH3 is 1. The van der Waals surface area contributed by atoms with Gasteiger partial charge in [0.1, 0.15) is 10.8 Å². The summed E-state index contributed by atoms with van der Waals surface area (Å²) in [7, 11) is 1.40. The molecule has 138 valence electrons. The Morgan fingerprint density at radius 1 is 1.38 bits per heavy atom. The first-order valence-electron chi connectivity index (χ1n) is 8.50. The van der Waals surface area contributed by atoms with Gasteiger partial charge in [-0.3, -0.25) is 0 Å². The number of esters is 1. The number of carbonyl (C=O) groups excluding carboxylic acids is 1. The molecule has 1 aliphatic rings. The molecule has 0 saturated carbocycles. The number of rotatable bonds is 4. The molecule has 26 heavy (non-hydrogen) atoms. The highest BCUT2D eigenvalue weighted by molar-refractivity contribution is 7.80. The van der Waals surface area contributed by atoms with E-state index in [9.17, 15) is 9.18 Å². The minimum absolute atomic E-state index is 0.268. The first-order chi connectivity index (χ1) is 12.5. The number of carbonyl (C=O) groups is 1. The van der Waals surface area contributed by atoms with Crippen molar-refractivity contribution < 1.29 is 13.9 Å². The van der Waals surface area contributed by atoms with Gasteiger partial charge in [-0.25, -0.2) is 9.18 Å². The van der Waals surface area contributed by atoms with Crippen molar-refractivity contribution in [3.8, 4) is 0 Å². The van der Waals surface area contributed by atoms with E-state index in [1.165, 1.54) is 24.1 Å². The van der Waals surface area contributed by atoms with Crippen LogP contribution in [0.2, 0.25) is 0 Å². The lowest BCUT2D eigenvalue weighted by atomic mass is 9.88. The molecule has 1 heterocycles. The molecule has 0 fully saturated rings. The van der Waals surface area contributed by atoms with Crippen LogP contribution >= 0.6 is 23.6 Å². The molecule has 0 bridgehead atoms. The lowest BCUT2D eigenvalue weighted by Gasteiger charge is -2.18. The average Bonchev–Trinajstić information content (AvgIpc) is 2.97. The lowest BCUT2D eigenvalue weighted by Crippen LogP contribution is -2.28. The maximum atomic E-state index is 13.0. The van der Waals surface area contributed by atoms with E-state index in [-0.39, 0.29) is 11.8 Å². The third kappa shape index (κ3) is 4.22. The van der Waals surface area contributed by atoms with E-state index in [1.54, 1.807) is 23.5 Å². The fourth-order valence-corrected chi connectivity index (χ4v) is 4.73. The summed E-state index contributed by atoms with van der Waals surface area (Å²) in [5, 5.41) is 7.39.